The maximum Gasteiger partial charge on any atom is 0.316 e. The summed E-state index contributed by atoms with van der Waals surface area (Å²) in [6.45, 7) is 7.30. The van der Waals surface area contributed by atoms with Crippen LogP contribution in [0.4, 0.5) is 0 Å². The lowest BCUT2D eigenvalue weighted by atomic mass is 10.2. The molecule has 1 fully saturated rings. The Labute approximate surface area is 95.9 Å². The molecule has 1 aliphatic heterocycles. The van der Waals surface area contributed by atoms with Crippen molar-refractivity contribution >= 4 is 17.7 Å². The molecule has 1 saturated heterocycles. The third kappa shape index (κ3) is 6.05. The van der Waals surface area contributed by atoms with E-state index >= 15 is 0 Å². The fraction of sp³-hybridized carbons (Fsp3) is 0.909. The third-order valence-corrected chi connectivity index (χ3v) is 3.22. The molecule has 0 saturated carbocycles. The summed E-state index contributed by atoms with van der Waals surface area (Å²) >= 11 is 1.65. The number of hydrogen-bond acceptors (Lipinski definition) is 4. The number of carbonyl (C=O) groups is 1. The minimum Gasteiger partial charge on any atom is -0.459 e. The minimum absolute atomic E-state index is 0.127. The van der Waals surface area contributed by atoms with Crippen molar-refractivity contribution in [3.63, 3.8) is 0 Å². The van der Waals surface area contributed by atoms with Gasteiger partial charge in [0.05, 0.1) is 12.4 Å². The van der Waals surface area contributed by atoms with Crippen molar-refractivity contribution in [2.45, 2.75) is 44.5 Å². The topological polar surface area (TPSA) is 35.5 Å². The van der Waals surface area contributed by atoms with Gasteiger partial charge in [0.1, 0.15) is 5.60 Å². The lowest BCUT2D eigenvalue weighted by Gasteiger charge is -2.23. The van der Waals surface area contributed by atoms with Crippen LogP contribution in [0.3, 0.4) is 0 Å². The van der Waals surface area contributed by atoms with Crippen LogP contribution < -0.4 is 0 Å². The lowest BCUT2D eigenvalue weighted by molar-refractivity contribution is -0.151. The Hall–Kier alpha value is -0.220. The van der Waals surface area contributed by atoms with Crippen LogP contribution in [0.15, 0.2) is 0 Å². The van der Waals surface area contributed by atoms with Crippen LogP contribution in [0.25, 0.3) is 0 Å². The summed E-state index contributed by atoms with van der Waals surface area (Å²) in [7, 11) is 0. The van der Waals surface area contributed by atoms with Gasteiger partial charge in [0.25, 0.3) is 0 Å². The Morgan fingerprint density at radius 1 is 1.53 bits per heavy atom. The van der Waals surface area contributed by atoms with Gasteiger partial charge in [-0.05, 0) is 33.6 Å². The van der Waals surface area contributed by atoms with Gasteiger partial charge in [-0.3, -0.25) is 4.79 Å². The highest BCUT2D eigenvalue weighted by molar-refractivity contribution is 8.00. The van der Waals surface area contributed by atoms with Crippen molar-refractivity contribution in [2.24, 2.45) is 0 Å². The van der Waals surface area contributed by atoms with E-state index in [0.717, 1.165) is 26.1 Å². The highest BCUT2D eigenvalue weighted by Crippen LogP contribution is 2.21. The third-order valence-electron chi connectivity index (χ3n) is 1.98. The van der Waals surface area contributed by atoms with E-state index in [-0.39, 0.29) is 11.6 Å². The normalized spacial score (nSPS) is 22.5. The Balaban J connectivity index is 2.15. The predicted molar refractivity (Wildman–Crippen MR) is 62.1 cm³/mol. The molecule has 0 amide bonds. The molecule has 0 unspecified atom stereocenters. The Morgan fingerprint density at radius 3 is 2.80 bits per heavy atom. The molecule has 4 heteroatoms. The average Bonchev–Trinajstić information content (AvgIpc) is 2.14. The van der Waals surface area contributed by atoms with Crippen LogP contribution >= 0.6 is 11.8 Å². The van der Waals surface area contributed by atoms with Crippen molar-refractivity contribution < 1.29 is 14.3 Å². The zero-order valence-electron chi connectivity index (χ0n) is 9.75. The monoisotopic (exact) mass is 232 g/mol. The number of thioether (sulfide) groups is 1. The maximum atomic E-state index is 11.4. The molecule has 3 nitrogen and oxygen atoms in total. The molecule has 88 valence electrons. The molecule has 1 atom stereocenters. The molecular weight excluding hydrogens is 212 g/mol. The second kappa shape index (κ2) is 5.75. The molecule has 0 aromatic heterocycles. The van der Waals surface area contributed by atoms with E-state index in [4.69, 9.17) is 9.47 Å². The number of esters is 1. The van der Waals surface area contributed by atoms with E-state index < -0.39 is 0 Å². The summed E-state index contributed by atoms with van der Waals surface area (Å²) in [5.74, 6) is 0.309. The standard InChI is InChI=1S/C11H20O3S/c1-11(2,3)14-10(12)8-15-9-5-4-6-13-7-9/h9H,4-8H2,1-3H3/t9-/m0/s1. The fourth-order valence-electron chi connectivity index (χ4n) is 1.40. The van der Waals surface area contributed by atoms with Gasteiger partial charge < -0.3 is 9.47 Å². The van der Waals surface area contributed by atoms with Crippen molar-refractivity contribution in [3.8, 4) is 0 Å². The predicted octanol–water partition coefficient (Wildman–Crippen LogP) is 2.24. The van der Waals surface area contributed by atoms with E-state index in [2.05, 4.69) is 0 Å². The van der Waals surface area contributed by atoms with E-state index in [0.29, 0.717) is 11.0 Å². The first-order chi connectivity index (χ1) is 6.97. The van der Waals surface area contributed by atoms with E-state index in [1.54, 1.807) is 11.8 Å². The van der Waals surface area contributed by atoms with Gasteiger partial charge in [-0.25, -0.2) is 0 Å². The summed E-state index contributed by atoms with van der Waals surface area (Å²) in [6.07, 6.45) is 2.25. The van der Waals surface area contributed by atoms with Crippen molar-refractivity contribution in [3.05, 3.63) is 0 Å². The maximum absolute atomic E-state index is 11.4. The summed E-state index contributed by atoms with van der Waals surface area (Å²) in [5, 5.41) is 0.464. The molecule has 1 rings (SSSR count). The summed E-state index contributed by atoms with van der Waals surface area (Å²) < 4.78 is 10.6. The van der Waals surface area contributed by atoms with Crippen LogP contribution in [0.5, 0.6) is 0 Å². The molecule has 0 N–H and O–H groups in total. The quantitative estimate of drug-likeness (QED) is 0.699. The molecule has 0 aromatic carbocycles. The van der Waals surface area contributed by atoms with E-state index in [1.165, 1.54) is 0 Å². The second-order valence-electron chi connectivity index (χ2n) is 4.74. The number of carbonyl (C=O) groups excluding carboxylic acids is 1. The van der Waals surface area contributed by atoms with E-state index in [9.17, 15) is 4.79 Å². The fourth-order valence-corrected chi connectivity index (χ4v) is 2.36. The summed E-state index contributed by atoms with van der Waals surface area (Å²) in [6, 6.07) is 0. The molecule has 0 aliphatic carbocycles. The highest BCUT2D eigenvalue weighted by Gasteiger charge is 2.19. The zero-order valence-corrected chi connectivity index (χ0v) is 10.6. The van der Waals surface area contributed by atoms with Crippen molar-refractivity contribution in [1.82, 2.24) is 0 Å². The number of ether oxygens (including phenoxy) is 2. The van der Waals surface area contributed by atoms with Gasteiger partial charge in [-0.2, -0.15) is 0 Å². The summed E-state index contributed by atoms with van der Waals surface area (Å²) in [4.78, 5) is 11.4. The molecule has 0 bridgehead atoms. The average molecular weight is 232 g/mol. The Bertz CT molecular complexity index is 204. The largest absolute Gasteiger partial charge is 0.459 e. The minimum atomic E-state index is -0.374. The highest BCUT2D eigenvalue weighted by atomic mass is 32.2. The molecule has 1 aliphatic rings. The molecule has 0 radical (unpaired) electrons. The SMILES string of the molecule is CC(C)(C)OC(=O)CS[C@H]1CCCOC1. The van der Waals surface area contributed by atoms with Gasteiger partial charge in [-0.1, -0.05) is 0 Å². The van der Waals surface area contributed by atoms with Crippen molar-refractivity contribution in [1.29, 1.82) is 0 Å². The first-order valence-electron chi connectivity index (χ1n) is 5.38. The molecule has 0 aromatic rings. The van der Waals surface area contributed by atoms with Crippen LogP contribution in [-0.2, 0) is 14.3 Å². The molecule has 1 heterocycles. The first kappa shape index (κ1) is 12.8. The second-order valence-corrected chi connectivity index (χ2v) is 6.03. The van der Waals surface area contributed by atoms with Crippen LogP contribution in [0, 0.1) is 0 Å². The number of rotatable bonds is 3. The molecule has 15 heavy (non-hydrogen) atoms. The lowest BCUT2D eigenvalue weighted by Crippen LogP contribution is -2.26. The van der Waals surface area contributed by atoms with Gasteiger partial charge >= 0.3 is 5.97 Å². The Morgan fingerprint density at radius 2 is 2.27 bits per heavy atom. The summed E-state index contributed by atoms with van der Waals surface area (Å²) in [5.41, 5.74) is -0.374. The molecular formula is C11H20O3S. The van der Waals surface area contributed by atoms with Crippen molar-refractivity contribution in [2.75, 3.05) is 19.0 Å². The van der Waals surface area contributed by atoms with Gasteiger partial charge in [0.2, 0.25) is 0 Å². The van der Waals surface area contributed by atoms with E-state index in [1.807, 2.05) is 20.8 Å². The zero-order chi connectivity index (χ0) is 11.3. The van der Waals surface area contributed by atoms with Gasteiger partial charge in [0, 0.05) is 11.9 Å². The molecule has 0 spiro atoms. The van der Waals surface area contributed by atoms with Crippen LogP contribution in [-0.4, -0.2) is 35.8 Å². The first-order valence-corrected chi connectivity index (χ1v) is 6.43. The Kier molecular flexibility index (Phi) is 4.93. The van der Waals surface area contributed by atoms with Crippen LogP contribution in [0.2, 0.25) is 0 Å². The smallest absolute Gasteiger partial charge is 0.316 e. The van der Waals surface area contributed by atoms with Gasteiger partial charge in [-0.15, -0.1) is 11.8 Å². The van der Waals surface area contributed by atoms with Crippen LogP contribution in [0.1, 0.15) is 33.6 Å². The number of hydrogen-bond donors (Lipinski definition) is 0. The van der Waals surface area contributed by atoms with Gasteiger partial charge in [0.15, 0.2) is 0 Å².